The zero-order chi connectivity index (χ0) is 17.5. The summed E-state index contributed by atoms with van der Waals surface area (Å²) in [5.41, 5.74) is 2.66. The predicted molar refractivity (Wildman–Crippen MR) is 106 cm³/mol. The average molecular weight is 395 g/mol. The highest BCUT2D eigenvalue weighted by Crippen LogP contribution is 2.38. The summed E-state index contributed by atoms with van der Waals surface area (Å²) in [7, 11) is 0. The number of fused-ring (bicyclic) bond motifs is 1. The molecule has 2 saturated heterocycles. The van der Waals surface area contributed by atoms with Gasteiger partial charge < -0.3 is 14.5 Å². The summed E-state index contributed by atoms with van der Waals surface area (Å²) < 4.78 is 6.44. The van der Waals surface area contributed by atoms with Gasteiger partial charge in [0.25, 0.3) is 0 Å². The Labute approximate surface area is 164 Å². The maximum absolute atomic E-state index is 6.36. The Balaban J connectivity index is 1.29. The fourth-order valence-corrected chi connectivity index (χ4v) is 5.62. The number of hydrogen-bond donors (Lipinski definition) is 0. The van der Waals surface area contributed by atoms with Crippen LogP contribution in [0.15, 0.2) is 12.3 Å². The molecule has 26 heavy (non-hydrogen) atoms. The second kappa shape index (κ2) is 7.32. The first-order chi connectivity index (χ1) is 12.8. The zero-order valence-corrected chi connectivity index (χ0v) is 16.8. The Morgan fingerprint density at radius 2 is 1.85 bits per heavy atom. The minimum absolute atomic E-state index is 0.813. The molecule has 5 rings (SSSR count). The van der Waals surface area contributed by atoms with Crippen LogP contribution in [-0.2, 0) is 11.3 Å². The van der Waals surface area contributed by atoms with Gasteiger partial charge in [0.2, 0.25) is 0 Å². The zero-order valence-electron chi connectivity index (χ0n) is 15.2. The van der Waals surface area contributed by atoms with Gasteiger partial charge in [-0.05, 0) is 18.9 Å². The van der Waals surface area contributed by atoms with Crippen molar-refractivity contribution in [2.75, 3.05) is 59.2 Å². The van der Waals surface area contributed by atoms with Gasteiger partial charge in [-0.25, -0.2) is 0 Å². The first kappa shape index (κ1) is 17.3. The fourth-order valence-electron chi connectivity index (χ4n) is 4.32. The minimum Gasteiger partial charge on any atom is -0.378 e. The van der Waals surface area contributed by atoms with Crippen molar-refractivity contribution >= 4 is 28.6 Å². The van der Waals surface area contributed by atoms with Crippen molar-refractivity contribution in [2.45, 2.75) is 25.4 Å². The van der Waals surface area contributed by atoms with Crippen LogP contribution in [0.2, 0.25) is 4.34 Å². The molecule has 4 aliphatic rings. The Hall–Kier alpha value is -0.790. The molecule has 5 nitrogen and oxygen atoms in total. The Kier molecular flexibility index (Phi) is 4.88. The molecule has 0 spiro atoms. The normalized spacial score (nSPS) is 25.3. The second-order valence-corrected chi connectivity index (χ2v) is 9.54. The monoisotopic (exact) mass is 394 g/mol. The van der Waals surface area contributed by atoms with Crippen LogP contribution in [0.4, 0.5) is 0 Å². The fraction of sp³-hybridized carbons (Fsp3) is 0.684. The number of piperazine rings is 1. The van der Waals surface area contributed by atoms with E-state index in [2.05, 4.69) is 31.9 Å². The lowest BCUT2D eigenvalue weighted by Gasteiger charge is -2.40. The minimum atomic E-state index is 0.813. The molecule has 142 valence electrons. The number of morpholine rings is 1. The highest BCUT2D eigenvalue weighted by Gasteiger charge is 2.32. The maximum atomic E-state index is 6.36. The van der Waals surface area contributed by atoms with E-state index in [4.69, 9.17) is 16.3 Å². The smallest absolute Gasteiger partial charge is 0.0938 e. The number of hydrogen-bond acceptors (Lipinski definition) is 6. The van der Waals surface area contributed by atoms with E-state index in [0.717, 1.165) is 49.9 Å². The topological polar surface area (TPSA) is 22.2 Å². The highest BCUT2D eigenvalue weighted by molar-refractivity contribution is 7.16. The summed E-state index contributed by atoms with van der Waals surface area (Å²) in [6.07, 6.45) is 5.20. The molecule has 4 heterocycles. The largest absolute Gasteiger partial charge is 0.378 e. The summed E-state index contributed by atoms with van der Waals surface area (Å²) >= 11 is 8.09. The molecular weight excluding hydrogens is 368 g/mol. The number of thiophene rings is 1. The molecule has 3 fully saturated rings. The van der Waals surface area contributed by atoms with Crippen molar-refractivity contribution in [1.29, 1.82) is 0 Å². The molecule has 1 aromatic heterocycles. The van der Waals surface area contributed by atoms with Crippen molar-refractivity contribution in [2.24, 2.45) is 0 Å². The van der Waals surface area contributed by atoms with Gasteiger partial charge in [-0.3, -0.25) is 9.80 Å². The van der Waals surface area contributed by atoms with Crippen molar-refractivity contribution in [1.82, 2.24) is 19.6 Å². The van der Waals surface area contributed by atoms with E-state index in [1.165, 1.54) is 55.2 Å². The highest BCUT2D eigenvalue weighted by atomic mass is 35.5. The lowest BCUT2D eigenvalue weighted by Crippen LogP contribution is -2.50. The molecule has 0 bridgehead atoms. The molecule has 0 aromatic carbocycles. The molecule has 0 atom stereocenters. The molecule has 0 radical (unpaired) electrons. The van der Waals surface area contributed by atoms with Crippen molar-refractivity contribution in [3.8, 4) is 0 Å². The molecular formula is C19H27ClN4OS. The molecule has 1 saturated carbocycles. The van der Waals surface area contributed by atoms with Gasteiger partial charge >= 0.3 is 0 Å². The average Bonchev–Trinajstić information content (AvgIpc) is 3.44. The maximum Gasteiger partial charge on any atom is 0.0938 e. The van der Waals surface area contributed by atoms with Gasteiger partial charge in [0, 0.05) is 62.0 Å². The number of halogens is 1. The van der Waals surface area contributed by atoms with Crippen LogP contribution in [-0.4, -0.2) is 84.8 Å². The van der Waals surface area contributed by atoms with E-state index in [1.54, 1.807) is 11.3 Å². The summed E-state index contributed by atoms with van der Waals surface area (Å²) in [6.45, 7) is 10.4. The van der Waals surface area contributed by atoms with Gasteiger partial charge in [0.1, 0.15) is 0 Å². The number of rotatable bonds is 4. The van der Waals surface area contributed by atoms with E-state index in [9.17, 15) is 0 Å². The van der Waals surface area contributed by atoms with Crippen LogP contribution in [0.1, 0.15) is 23.3 Å². The second-order valence-electron chi connectivity index (χ2n) is 7.77. The van der Waals surface area contributed by atoms with E-state index in [-0.39, 0.29) is 0 Å². The van der Waals surface area contributed by atoms with Gasteiger partial charge in [0.15, 0.2) is 0 Å². The van der Waals surface area contributed by atoms with E-state index in [0.29, 0.717) is 0 Å². The third-order valence-electron chi connectivity index (χ3n) is 5.91. The van der Waals surface area contributed by atoms with Gasteiger partial charge in [-0.15, -0.1) is 11.3 Å². The van der Waals surface area contributed by atoms with Crippen LogP contribution < -0.4 is 0 Å². The van der Waals surface area contributed by atoms with Crippen molar-refractivity contribution in [3.05, 3.63) is 27.0 Å². The van der Waals surface area contributed by atoms with Crippen LogP contribution in [0, 0.1) is 0 Å². The number of ether oxygens (including phenoxy) is 1. The molecule has 0 unspecified atom stereocenters. The lowest BCUT2D eigenvalue weighted by molar-refractivity contribution is 0.0614. The van der Waals surface area contributed by atoms with Crippen molar-refractivity contribution in [3.63, 3.8) is 0 Å². The SMILES string of the molecule is Clc1cc2c(s1)CN(CN1CCN(C3CC3)CC1)C=C2N1CCOCC1. The van der Waals surface area contributed by atoms with Crippen LogP contribution in [0.5, 0.6) is 0 Å². The lowest BCUT2D eigenvalue weighted by atomic mass is 10.1. The van der Waals surface area contributed by atoms with Crippen LogP contribution in [0.25, 0.3) is 5.70 Å². The summed E-state index contributed by atoms with van der Waals surface area (Å²) in [4.78, 5) is 11.6. The quantitative estimate of drug-likeness (QED) is 0.780. The van der Waals surface area contributed by atoms with E-state index >= 15 is 0 Å². The molecule has 1 aliphatic carbocycles. The number of nitrogens with zero attached hydrogens (tertiary/aromatic N) is 4. The van der Waals surface area contributed by atoms with Crippen molar-refractivity contribution < 1.29 is 4.74 Å². The van der Waals surface area contributed by atoms with E-state index in [1.807, 2.05) is 0 Å². The summed E-state index contributed by atoms with van der Waals surface area (Å²) in [6, 6.07) is 3.05. The molecule has 0 amide bonds. The summed E-state index contributed by atoms with van der Waals surface area (Å²) in [5.74, 6) is 0. The molecule has 0 N–H and O–H groups in total. The third-order valence-corrected chi connectivity index (χ3v) is 7.16. The first-order valence-electron chi connectivity index (χ1n) is 9.80. The predicted octanol–water partition coefficient (Wildman–Crippen LogP) is 2.59. The standard InChI is InChI=1S/C19H27ClN4OS/c20-19-11-16-17(24-7-9-25-10-8-24)12-22(13-18(16)26-19)14-21-3-5-23(6-4-21)15-1-2-15/h11-12,15H,1-10,13-14H2. The molecule has 1 aromatic rings. The molecule has 7 heteroatoms. The summed E-state index contributed by atoms with van der Waals surface area (Å²) in [5, 5.41) is 0. The van der Waals surface area contributed by atoms with Crippen LogP contribution in [0.3, 0.4) is 0 Å². The Morgan fingerprint density at radius 3 is 2.58 bits per heavy atom. The van der Waals surface area contributed by atoms with Gasteiger partial charge in [-0.1, -0.05) is 11.6 Å². The Bertz CT molecular complexity index is 675. The third kappa shape index (κ3) is 3.62. The molecule has 3 aliphatic heterocycles. The van der Waals surface area contributed by atoms with Crippen LogP contribution >= 0.6 is 22.9 Å². The van der Waals surface area contributed by atoms with Gasteiger partial charge in [0.05, 0.1) is 36.5 Å². The Morgan fingerprint density at radius 1 is 1.08 bits per heavy atom. The first-order valence-corrected chi connectivity index (χ1v) is 11.0. The van der Waals surface area contributed by atoms with E-state index < -0.39 is 0 Å². The van der Waals surface area contributed by atoms with Gasteiger partial charge in [-0.2, -0.15) is 0 Å².